The maximum absolute atomic E-state index is 13.8. The topological polar surface area (TPSA) is 186 Å². The van der Waals surface area contributed by atoms with E-state index in [9.17, 15) is 33.9 Å². The van der Waals surface area contributed by atoms with E-state index in [2.05, 4.69) is 26.6 Å². The van der Waals surface area contributed by atoms with E-state index >= 15 is 0 Å². The van der Waals surface area contributed by atoms with Crippen LogP contribution in [0.5, 0.6) is 0 Å². The number of amides is 5. The smallest absolute Gasteiger partial charge is 0.325 e. The van der Waals surface area contributed by atoms with Gasteiger partial charge in [-0.25, -0.2) is 0 Å². The fourth-order valence-electron chi connectivity index (χ4n) is 5.45. The third kappa shape index (κ3) is 10.2. The lowest BCUT2D eigenvalue weighted by atomic mass is 9.95. The van der Waals surface area contributed by atoms with E-state index in [-0.39, 0.29) is 29.7 Å². The Morgan fingerprint density at radius 3 is 2.05 bits per heavy atom. The van der Waals surface area contributed by atoms with Crippen LogP contribution in [-0.2, 0) is 28.8 Å². The van der Waals surface area contributed by atoms with Crippen molar-refractivity contribution in [1.29, 1.82) is 0 Å². The van der Waals surface area contributed by atoms with Gasteiger partial charge in [0.05, 0.1) is 6.04 Å². The Bertz CT molecular complexity index is 1010. The Kier molecular flexibility index (Phi) is 13.9. The SMILES string of the molecule is CC[C@H](C)[C@H](NC(=O)[C@H](CC(C)C)NC(=O)[C@@H](NC(=O)[C@@H]1CCCN1)C(C)C)C(=O)N1CCC[C@H]1C(=O)N[C@@H](C)C(=O)O. The van der Waals surface area contributed by atoms with Crippen molar-refractivity contribution >= 4 is 35.5 Å². The molecule has 0 unspecified atom stereocenters. The van der Waals surface area contributed by atoms with Crippen molar-refractivity contribution in [2.75, 3.05) is 13.1 Å². The summed E-state index contributed by atoms with van der Waals surface area (Å²) in [6, 6.07) is -5.05. The number of nitrogens with zero attached hydrogens (tertiary/aromatic N) is 1. The summed E-state index contributed by atoms with van der Waals surface area (Å²) in [5.41, 5.74) is 0. The second-order valence-corrected chi connectivity index (χ2v) is 12.7. The van der Waals surface area contributed by atoms with Gasteiger partial charge in [-0.1, -0.05) is 48.0 Å². The molecule has 2 aliphatic rings. The minimum atomic E-state index is -1.18. The van der Waals surface area contributed by atoms with Gasteiger partial charge in [0.2, 0.25) is 29.5 Å². The van der Waals surface area contributed by atoms with Crippen molar-refractivity contribution in [1.82, 2.24) is 31.5 Å². The zero-order chi connectivity index (χ0) is 32.4. The molecule has 7 atom stereocenters. The summed E-state index contributed by atoms with van der Waals surface area (Å²) in [4.78, 5) is 79.2. The van der Waals surface area contributed by atoms with Gasteiger partial charge in [-0.3, -0.25) is 28.8 Å². The first-order valence-electron chi connectivity index (χ1n) is 15.7. The van der Waals surface area contributed by atoms with E-state index in [0.29, 0.717) is 38.6 Å². The quantitative estimate of drug-likeness (QED) is 0.155. The molecule has 0 aliphatic carbocycles. The van der Waals surface area contributed by atoms with Gasteiger partial charge in [0.25, 0.3) is 0 Å². The molecule has 2 fully saturated rings. The molecule has 43 heavy (non-hydrogen) atoms. The van der Waals surface area contributed by atoms with Crippen LogP contribution in [0, 0.1) is 17.8 Å². The monoisotopic (exact) mass is 608 g/mol. The van der Waals surface area contributed by atoms with Gasteiger partial charge in [0.1, 0.15) is 30.2 Å². The third-order valence-electron chi connectivity index (χ3n) is 8.31. The molecule has 0 bridgehead atoms. The van der Waals surface area contributed by atoms with Gasteiger partial charge < -0.3 is 36.6 Å². The lowest BCUT2D eigenvalue weighted by Crippen LogP contribution is -2.61. The molecule has 6 N–H and O–H groups in total. The predicted octanol–water partition coefficient (Wildman–Crippen LogP) is 0.521. The summed E-state index contributed by atoms with van der Waals surface area (Å²) in [5, 5.41) is 23.3. The molecular weight excluding hydrogens is 556 g/mol. The van der Waals surface area contributed by atoms with Gasteiger partial charge in [0, 0.05) is 6.54 Å². The average molecular weight is 609 g/mol. The van der Waals surface area contributed by atoms with E-state index in [1.807, 2.05) is 41.5 Å². The van der Waals surface area contributed by atoms with Crippen LogP contribution in [0.3, 0.4) is 0 Å². The molecule has 0 aromatic carbocycles. The highest BCUT2D eigenvalue weighted by Crippen LogP contribution is 2.22. The molecule has 2 heterocycles. The first-order chi connectivity index (χ1) is 20.2. The molecule has 0 aromatic rings. The van der Waals surface area contributed by atoms with Crippen molar-refractivity contribution in [3.8, 4) is 0 Å². The fourth-order valence-corrected chi connectivity index (χ4v) is 5.45. The minimum Gasteiger partial charge on any atom is -0.480 e. The van der Waals surface area contributed by atoms with Gasteiger partial charge in [-0.2, -0.15) is 0 Å². The lowest BCUT2D eigenvalue weighted by Gasteiger charge is -2.33. The van der Waals surface area contributed by atoms with E-state index in [1.54, 1.807) is 0 Å². The van der Waals surface area contributed by atoms with E-state index in [0.717, 1.165) is 13.0 Å². The summed E-state index contributed by atoms with van der Waals surface area (Å²) in [6.45, 7) is 13.6. The van der Waals surface area contributed by atoms with Gasteiger partial charge >= 0.3 is 5.97 Å². The number of hydrogen-bond donors (Lipinski definition) is 6. The predicted molar refractivity (Wildman–Crippen MR) is 161 cm³/mol. The molecule has 244 valence electrons. The summed E-state index contributed by atoms with van der Waals surface area (Å²) >= 11 is 0. The van der Waals surface area contributed by atoms with Crippen molar-refractivity contribution in [2.24, 2.45) is 17.8 Å². The van der Waals surface area contributed by atoms with Crippen LogP contribution in [0.25, 0.3) is 0 Å². The fraction of sp³-hybridized carbons (Fsp3) is 0.800. The minimum absolute atomic E-state index is 0.0338. The lowest BCUT2D eigenvalue weighted by molar-refractivity contribution is -0.145. The van der Waals surface area contributed by atoms with E-state index < -0.39 is 59.8 Å². The number of aliphatic carboxylic acids is 1. The van der Waals surface area contributed by atoms with Gasteiger partial charge in [-0.05, 0) is 63.3 Å². The summed E-state index contributed by atoms with van der Waals surface area (Å²) in [6.07, 6.45) is 3.40. The van der Waals surface area contributed by atoms with Crippen LogP contribution < -0.4 is 26.6 Å². The average Bonchev–Trinajstić information content (AvgIpc) is 3.65. The molecule has 2 aliphatic heterocycles. The number of carboxylic acids is 1. The molecule has 0 spiro atoms. The Morgan fingerprint density at radius 2 is 1.51 bits per heavy atom. The molecule has 2 rings (SSSR count). The van der Waals surface area contributed by atoms with Crippen LogP contribution >= 0.6 is 0 Å². The highest BCUT2D eigenvalue weighted by atomic mass is 16.4. The first-order valence-corrected chi connectivity index (χ1v) is 15.7. The number of nitrogens with one attached hydrogen (secondary N) is 5. The van der Waals surface area contributed by atoms with Crippen molar-refractivity contribution in [3.05, 3.63) is 0 Å². The molecular formula is C30H52N6O7. The van der Waals surface area contributed by atoms with Crippen molar-refractivity contribution < 1.29 is 33.9 Å². The zero-order valence-electron chi connectivity index (χ0n) is 26.7. The normalized spacial score (nSPS) is 21.9. The van der Waals surface area contributed by atoms with Crippen molar-refractivity contribution in [2.45, 2.75) is 123 Å². The Hall–Kier alpha value is -3.22. The molecule has 0 radical (unpaired) electrons. The largest absolute Gasteiger partial charge is 0.480 e. The number of carbonyl (C=O) groups excluding carboxylic acids is 5. The molecule has 13 nitrogen and oxygen atoms in total. The van der Waals surface area contributed by atoms with Crippen LogP contribution in [0.4, 0.5) is 0 Å². The van der Waals surface area contributed by atoms with Crippen molar-refractivity contribution in [3.63, 3.8) is 0 Å². The molecule has 0 saturated carbocycles. The van der Waals surface area contributed by atoms with E-state index in [4.69, 9.17) is 0 Å². The summed E-state index contributed by atoms with van der Waals surface area (Å²) < 4.78 is 0. The Morgan fingerprint density at radius 1 is 0.837 bits per heavy atom. The van der Waals surface area contributed by atoms with E-state index in [1.165, 1.54) is 11.8 Å². The summed E-state index contributed by atoms with van der Waals surface area (Å²) in [5.74, 6) is -3.87. The molecule has 13 heteroatoms. The first kappa shape index (κ1) is 36.0. The van der Waals surface area contributed by atoms with Crippen LogP contribution in [0.15, 0.2) is 0 Å². The maximum atomic E-state index is 13.8. The second-order valence-electron chi connectivity index (χ2n) is 12.7. The van der Waals surface area contributed by atoms with Gasteiger partial charge in [-0.15, -0.1) is 0 Å². The molecule has 2 saturated heterocycles. The van der Waals surface area contributed by atoms with Crippen LogP contribution in [0.1, 0.15) is 87.0 Å². The van der Waals surface area contributed by atoms with Crippen LogP contribution in [0.2, 0.25) is 0 Å². The number of carboxylic acid groups (broad SMARTS) is 1. The zero-order valence-corrected chi connectivity index (χ0v) is 26.7. The number of hydrogen-bond acceptors (Lipinski definition) is 7. The summed E-state index contributed by atoms with van der Waals surface area (Å²) in [7, 11) is 0. The Labute approximate surface area is 255 Å². The standard InChI is InChI=1S/C30H52N6O7/c1-8-18(6)24(29(41)36-14-10-12-22(36)27(39)32-19(7)30(42)43)35-26(38)21(15-16(2)3)33-28(40)23(17(4)5)34-25(37)20-11-9-13-31-20/h16-24,31H,8-15H2,1-7H3,(H,32,39)(H,33,40)(H,34,37)(H,35,38)(H,42,43)/t18-,19-,20-,21-,22-,23-,24-/m0/s1. The number of likely N-dealkylation sites (tertiary alicyclic amines) is 1. The molecule has 0 aromatic heterocycles. The highest BCUT2D eigenvalue weighted by molar-refractivity contribution is 5.96. The number of carbonyl (C=O) groups is 6. The van der Waals surface area contributed by atoms with Crippen LogP contribution in [-0.4, -0.2) is 94.9 Å². The highest BCUT2D eigenvalue weighted by Gasteiger charge is 2.41. The third-order valence-corrected chi connectivity index (χ3v) is 8.31. The Balaban J connectivity index is 2.20. The molecule has 5 amide bonds. The maximum Gasteiger partial charge on any atom is 0.325 e. The second kappa shape index (κ2) is 16.6. The van der Waals surface area contributed by atoms with Gasteiger partial charge in [0.15, 0.2) is 0 Å². The number of rotatable bonds is 15.